The largest absolute Gasteiger partial charge is 0.313 e. The standard InChI is InChI=1S/C13H13BrFNS/c1-2-16-6-9-3-4-10(15)5-11(9)12-7-17-8-13(12)14/h3-5,7-8,16H,2,6H2,1H3. The molecule has 4 heteroatoms. The molecule has 0 aliphatic heterocycles. The van der Waals surface area contributed by atoms with E-state index in [4.69, 9.17) is 0 Å². The smallest absolute Gasteiger partial charge is 0.123 e. The molecule has 1 N–H and O–H groups in total. The Labute approximate surface area is 113 Å². The third-order valence-corrected chi connectivity index (χ3v) is 4.24. The molecule has 0 saturated heterocycles. The molecule has 0 amide bonds. The van der Waals surface area contributed by atoms with E-state index >= 15 is 0 Å². The van der Waals surface area contributed by atoms with E-state index in [1.54, 1.807) is 17.4 Å². The molecular formula is C13H13BrFNS. The summed E-state index contributed by atoms with van der Waals surface area (Å²) in [4.78, 5) is 0. The zero-order chi connectivity index (χ0) is 12.3. The molecule has 0 radical (unpaired) electrons. The summed E-state index contributed by atoms with van der Waals surface area (Å²) in [5.74, 6) is -0.196. The zero-order valence-corrected chi connectivity index (χ0v) is 11.9. The average molecular weight is 314 g/mol. The van der Waals surface area contributed by atoms with Crippen LogP contribution in [0.15, 0.2) is 33.4 Å². The van der Waals surface area contributed by atoms with Crippen molar-refractivity contribution in [3.8, 4) is 11.1 Å². The summed E-state index contributed by atoms with van der Waals surface area (Å²) in [5, 5.41) is 7.32. The van der Waals surface area contributed by atoms with Crippen molar-refractivity contribution in [2.45, 2.75) is 13.5 Å². The number of hydrogen-bond donors (Lipinski definition) is 1. The van der Waals surface area contributed by atoms with Crippen LogP contribution >= 0.6 is 27.3 Å². The highest BCUT2D eigenvalue weighted by Gasteiger charge is 2.10. The molecule has 17 heavy (non-hydrogen) atoms. The summed E-state index contributed by atoms with van der Waals surface area (Å²) in [6, 6.07) is 4.95. The molecule has 0 atom stereocenters. The zero-order valence-electron chi connectivity index (χ0n) is 9.47. The van der Waals surface area contributed by atoms with Gasteiger partial charge in [0, 0.05) is 22.0 Å². The van der Waals surface area contributed by atoms with Gasteiger partial charge in [0.2, 0.25) is 0 Å². The molecule has 0 unspecified atom stereocenters. The predicted molar refractivity (Wildman–Crippen MR) is 74.8 cm³/mol. The van der Waals surface area contributed by atoms with Gasteiger partial charge < -0.3 is 5.32 Å². The molecule has 2 aromatic rings. The number of rotatable bonds is 4. The topological polar surface area (TPSA) is 12.0 Å². The lowest BCUT2D eigenvalue weighted by atomic mass is 10.0. The fourth-order valence-electron chi connectivity index (χ4n) is 1.69. The van der Waals surface area contributed by atoms with Crippen LogP contribution in [0, 0.1) is 5.82 Å². The maximum Gasteiger partial charge on any atom is 0.123 e. The van der Waals surface area contributed by atoms with Crippen molar-refractivity contribution in [3.63, 3.8) is 0 Å². The highest BCUT2D eigenvalue weighted by Crippen LogP contribution is 2.34. The predicted octanol–water partition coefficient (Wildman–Crippen LogP) is 4.43. The molecule has 0 aliphatic rings. The van der Waals surface area contributed by atoms with Gasteiger partial charge in [0.05, 0.1) is 0 Å². The third-order valence-electron chi connectivity index (χ3n) is 2.54. The van der Waals surface area contributed by atoms with Crippen molar-refractivity contribution in [1.82, 2.24) is 5.32 Å². The van der Waals surface area contributed by atoms with Gasteiger partial charge in [0.15, 0.2) is 0 Å². The van der Waals surface area contributed by atoms with Crippen LogP contribution in [0.3, 0.4) is 0 Å². The van der Waals surface area contributed by atoms with Gasteiger partial charge in [-0.25, -0.2) is 4.39 Å². The van der Waals surface area contributed by atoms with E-state index in [2.05, 4.69) is 28.2 Å². The Bertz CT molecular complexity index is 510. The highest BCUT2D eigenvalue weighted by molar-refractivity contribution is 9.10. The van der Waals surface area contributed by atoms with E-state index in [0.29, 0.717) is 0 Å². The molecule has 90 valence electrons. The van der Waals surface area contributed by atoms with Crippen molar-refractivity contribution < 1.29 is 4.39 Å². The number of thiophene rings is 1. The van der Waals surface area contributed by atoms with Crippen LogP contribution in [0.2, 0.25) is 0 Å². The van der Waals surface area contributed by atoms with Crippen molar-refractivity contribution in [2.75, 3.05) is 6.54 Å². The second-order valence-electron chi connectivity index (χ2n) is 3.72. The summed E-state index contributed by atoms with van der Waals surface area (Å²) in [5.41, 5.74) is 3.13. The van der Waals surface area contributed by atoms with E-state index in [-0.39, 0.29) is 5.82 Å². The molecule has 0 aliphatic carbocycles. The maximum absolute atomic E-state index is 13.4. The first-order valence-electron chi connectivity index (χ1n) is 5.43. The van der Waals surface area contributed by atoms with Gasteiger partial charge in [-0.2, -0.15) is 11.3 Å². The van der Waals surface area contributed by atoms with E-state index in [1.165, 1.54) is 6.07 Å². The number of hydrogen-bond acceptors (Lipinski definition) is 2. The van der Waals surface area contributed by atoms with E-state index in [9.17, 15) is 4.39 Å². The molecule has 0 fully saturated rings. The Hall–Kier alpha value is -0.710. The first-order valence-corrected chi connectivity index (χ1v) is 7.17. The summed E-state index contributed by atoms with van der Waals surface area (Å²) in [7, 11) is 0. The van der Waals surface area contributed by atoms with Crippen LogP contribution < -0.4 is 5.32 Å². The Kier molecular flexibility index (Phi) is 4.31. The van der Waals surface area contributed by atoms with Crippen LogP contribution in [0.25, 0.3) is 11.1 Å². The quantitative estimate of drug-likeness (QED) is 0.880. The van der Waals surface area contributed by atoms with Crippen LogP contribution in [0.4, 0.5) is 4.39 Å². The molecule has 1 heterocycles. The monoisotopic (exact) mass is 313 g/mol. The van der Waals surface area contributed by atoms with Crippen molar-refractivity contribution in [1.29, 1.82) is 0 Å². The molecule has 1 aromatic heterocycles. The molecule has 2 rings (SSSR count). The summed E-state index contributed by atoms with van der Waals surface area (Å²) < 4.78 is 14.4. The second-order valence-corrected chi connectivity index (χ2v) is 5.31. The summed E-state index contributed by atoms with van der Waals surface area (Å²) >= 11 is 5.11. The van der Waals surface area contributed by atoms with Gasteiger partial charge in [-0.15, -0.1) is 0 Å². The van der Waals surface area contributed by atoms with Crippen LogP contribution in [0.5, 0.6) is 0 Å². The fourth-order valence-corrected chi connectivity index (χ4v) is 3.19. The summed E-state index contributed by atoms with van der Waals surface area (Å²) in [6.07, 6.45) is 0. The lowest BCUT2D eigenvalue weighted by Crippen LogP contribution is -2.12. The van der Waals surface area contributed by atoms with Gasteiger partial charge in [-0.3, -0.25) is 0 Å². The lowest BCUT2D eigenvalue weighted by Gasteiger charge is -2.09. The first kappa shape index (κ1) is 12.7. The molecular weight excluding hydrogens is 301 g/mol. The third kappa shape index (κ3) is 2.94. The van der Waals surface area contributed by atoms with Gasteiger partial charge in [0.25, 0.3) is 0 Å². The Morgan fingerprint density at radius 2 is 2.12 bits per heavy atom. The number of halogens is 2. The molecule has 0 spiro atoms. The van der Waals surface area contributed by atoms with Crippen LogP contribution in [-0.2, 0) is 6.54 Å². The number of benzene rings is 1. The molecule has 1 aromatic carbocycles. The summed E-state index contributed by atoms with van der Waals surface area (Å²) in [6.45, 7) is 3.72. The van der Waals surface area contributed by atoms with Crippen molar-refractivity contribution in [3.05, 3.63) is 44.8 Å². The van der Waals surface area contributed by atoms with Crippen molar-refractivity contribution in [2.24, 2.45) is 0 Å². The maximum atomic E-state index is 13.4. The molecule has 0 saturated carbocycles. The first-order chi connectivity index (χ1) is 8.22. The Morgan fingerprint density at radius 3 is 2.76 bits per heavy atom. The second kappa shape index (κ2) is 5.76. The Balaban J connectivity index is 2.43. The highest BCUT2D eigenvalue weighted by atomic mass is 79.9. The van der Waals surface area contributed by atoms with E-state index in [1.807, 2.05) is 16.8 Å². The molecule has 1 nitrogen and oxygen atoms in total. The van der Waals surface area contributed by atoms with Crippen molar-refractivity contribution >= 4 is 27.3 Å². The van der Waals surface area contributed by atoms with Gasteiger partial charge in [-0.1, -0.05) is 13.0 Å². The van der Waals surface area contributed by atoms with Gasteiger partial charge in [0.1, 0.15) is 5.82 Å². The molecule has 0 bridgehead atoms. The van der Waals surface area contributed by atoms with E-state index in [0.717, 1.165) is 34.3 Å². The normalized spacial score (nSPS) is 10.8. The fraction of sp³-hybridized carbons (Fsp3) is 0.231. The Morgan fingerprint density at radius 1 is 1.29 bits per heavy atom. The minimum Gasteiger partial charge on any atom is -0.313 e. The minimum atomic E-state index is -0.196. The lowest BCUT2D eigenvalue weighted by molar-refractivity contribution is 0.626. The average Bonchev–Trinajstić information content (AvgIpc) is 2.74. The van der Waals surface area contributed by atoms with Gasteiger partial charge in [-0.05, 0) is 51.1 Å². The van der Waals surface area contributed by atoms with Crippen LogP contribution in [-0.4, -0.2) is 6.54 Å². The van der Waals surface area contributed by atoms with E-state index < -0.39 is 0 Å². The SMILES string of the molecule is CCNCc1ccc(F)cc1-c1cscc1Br. The van der Waals surface area contributed by atoms with Gasteiger partial charge >= 0.3 is 0 Å². The van der Waals surface area contributed by atoms with Crippen LogP contribution in [0.1, 0.15) is 12.5 Å². The number of nitrogens with one attached hydrogen (secondary N) is 1. The minimum absolute atomic E-state index is 0.196.